The van der Waals surface area contributed by atoms with Gasteiger partial charge in [0.15, 0.2) is 5.82 Å². The fraction of sp³-hybridized carbons (Fsp3) is 0.118. The van der Waals surface area contributed by atoms with Crippen LogP contribution in [0.25, 0.3) is 11.4 Å². The molecule has 0 amide bonds. The summed E-state index contributed by atoms with van der Waals surface area (Å²) in [5.74, 6) is 1.24. The first kappa shape index (κ1) is 14.5. The number of hydrogen-bond acceptors (Lipinski definition) is 4. The van der Waals surface area contributed by atoms with Crippen molar-refractivity contribution in [3.63, 3.8) is 0 Å². The Morgan fingerprint density at radius 3 is 2.55 bits per heavy atom. The Morgan fingerprint density at radius 1 is 1.00 bits per heavy atom. The molecule has 0 unspecified atom stereocenters. The first-order valence-corrected chi connectivity index (χ1v) is 7.29. The molecule has 2 heterocycles. The van der Waals surface area contributed by atoms with Crippen molar-refractivity contribution in [3.05, 3.63) is 65.1 Å². The highest BCUT2D eigenvalue weighted by molar-refractivity contribution is 6.29. The average molecular weight is 311 g/mol. The lowest BCUT2D eigenvalue weighted by molar-refractivity contribution is 1.16. The Hall–Kier alpha value is -2.46. The number of pyridine rings is 1. The third-order valence-corrected chi connectivity index (χ3v) is 3.69. The fourth-order valence-corrected chi connectivity index (χ4v) is 2.32. The lowest BCUT2D eigenvalue weighted by atomic mass is 10.1. The zero-order chi connectivity index (χ0) is 15.5. The van der Waals surface area contributed by atoms with Gasteiger partial charge in [0.1, 0.15) is 11.0 Å². The van der Waals surface area contributed by atoms with Crippen molar-refractivity contribution in [2.75, 3.05) is 5.32 Å². The van der Waals surface area contributed by atoms with Crippen LogP contribution < -0.4 is 5.32 Å². The van der Waals surface area contributed by atoms with Gasteiger partial charge in [0, 0.05) is 29.7 Å². The summed E-state index contributed by atoms with van der Waals surface area (Å²) >= 11 is 6.13. The zero-order valence-corrected chi connectivity index (χ0v) is 13.1. The molecule has 3 rings (SSSR count). The summed E-state index contributed by atoms with van der Waals surface area (Å²) in [5, 5.41) is 3.71. The van der Waals surface area contributed by atoms with Crippen LogP contribution in [0.2, 0.25) is 5.15 Å². The third-order valence-electron chi connectivity index (χ3n) is 3.50. The van der Waals surface area contributed by atoms with Gasteiger partial charge >= 0.3 is 0 Å². The zero-order valence-electron chi connectivity index (χ0n) is 12.3. The van der Waals surface area contributed by atoms with Crippen molar-refractivity contribution in [2.45, 2.75) is 13.8 Å². The molecule has 0 bridgehead atoms. The number of aromatic nitrogens is 3. The highest BCUT2D eigenvalue weighted by atomic mass is 35.5. The van der Waals surface area contributed by atoms with Crippen LogP contribution in [-0.4, -0.2) is 15.0 Å². The van der Waals surface area contributed by atoms with E-state index in [2.05, 4.69) is 40.2 Å². The molecule has 1 N–H and O–H groups in total. The lowest BCUT2D eigenvalue weighted by Gasteiger charge is -2.12. The van der Waals surface area contributed by atoms with Crippen molar-refractivity contribution in [3.8, 4) is 11.4 Å². The molecule has 110 valence electrons. The number of aryl methyl sites for hydroxylation is 1. The predicted octanol–water partition coefficient (Wildman–Crippen LogP) is 4.55. The van der Waals surface area contributed by atoms with Crippen LogP contribution in [0, 0.1) is 13.8 Å². The van der Waals surface area contributed by atoms with Gasteiger partial charge in [-0.1, -0.05) is 23.7 Å². The molecule has 0 aliphatic carbocycles. The van der Waals surface area contributed by atoms with E-state index < -0.39 is 0 Å². The van der Waals surface area contributed by atoms with Gasteiger partial charge < -0.3 is 5.32 Å². The van der Waals surface area contributed by atoms with Crippen molar-refractivity contribution in [1.82, 2.24) is 15.0 Å². The summed E-state index contributed by atoms with van der Waals surface area (Å²) < 4.78 is 0. The molecule has 3 aromatic rings. The highest BCUT2D eigenvalue weighted by Gasteiger charge is 2.07. The van der Waals surface area contributed by atoms with Gasteiger partial charge in [0.2, 0.25) is 0 Å². The van der Waals surface area contributed by atoms with Crippen LogP contribution in [0.4, 0.5) is 11.5 Å². The molecule has 22 heavy (non-hydrogen) atoms. The van der Waals surface area contributed by atoms with E-state index in [1.54, 1.807) is 18.5 Å². The normalized spacial score (nSPS) is 10.5. The average Bonchev–Trinajstić information content (AvgIpc) is 2.52. The van der Waals surface area contributed by atoms with Crippen molar-refractivity contribution in [2.24, 2.45) is 0 Å². The number of hydrogen-bond donors (Lipinski definition) is 1. The molecule has 1 aromatic carbocycles. The number of nitrogens with zero attached hydrogens (tertiary/aromatic N) is 3. The van der Waals surface area contributed by atoms with E-state index in [0.29, 0.717) is 16.8 Å². The van der Waals surface area contributed by atoms with Gasteiger partial charge in [0.05, 0.1) is 0 Å². The maximum Gasteiger partial charge on any atom is 0.163 e. The minimum atomic E-state index is 0.398. The summed E-state index contributed by atoms with van der Waals surface area (Å²) in [6.07, 6.45) is 3.41. The number of anilines is 2. The van der Waals surface area contributed by atoms with Crippen LogP contribution in [0.5, 0.6) is 0 Å². The van der Waals surface area contributed by atoms with Crippen molar-refractivity contribution in [1.29, 1.82) is 0 Å². The molecule has 0 saturated carbocycles. The Morgan fingerprint density at radius 2 is 1.77 bits per heavy atom. The van der Waals surface area contributed by atoms with Crippen LogP contribution in [0.15, 0.2) is 48.8 Å². The summed E-state index contributed by atoms with van der Waals surface area (Å²) in [4.78, 5) is 12.8. The standard InChI is InChI=1S/C17H15ClN4/c1-11-4-3-5-14(12(11)2)20-16-10-15(18)21-17(22-16)13-6-8-19-9-7-13/h3-10H,1-2H3,(H,20,21,22). The molecular weight excluding hydrogens is 296 g/mol. The van der Waals surface area contributed by atoms with E-state index in [1.807, 2.05) is 24.3 Å². The summed E-state index contributed by atoms with van der Waals surface area (Å²) in [6, 6.07) is 11.5. The van der Waals surface area contributed by atoms with E-state index >= 15 is 0 Å². The Balaban J connectivity index is 1.98. The Kier molecular flexibility index (Phi) is 4.02. The second kappa shape index (κ2) is 6.12. The highest BCUT2D eigenvalue weighted by Crippen LogP contribution is 2.25. The summed E-state index contributed by atoms with van der Waals surface area (Å²) in [5.41, 5.74) is 4.29. The maximum absolute atomic E-state index is 6.13. The molecule has 2 aromatic heterocycles. The maximum atomic E-state index is 6.13. The molecule has 0 atom stereocenters. The topological polar surface area (TPSA) is 50.7 Å². The van der Waals surface area contributed by atoms with Gasteiger partial charge in [0.25, 0.3) is 0 Å². The Bertz CT molecular complexity index is 803. The second-order valence-corrected chi connectivity index (χ2v) is 5.40. The first-order valence-electron chi connectivity index (χ1n) is 6.92. The summed E-state index contributed by atoms with van der Waals surface area (Å²) in [7, 11) is 0. The molecule has 5 heteroatoms. The SMILES string of the molecule is Cc1cccc(Nc2cc(Cl)nc(-c3ccncc3)n2)c1C. The smallest absolute Gasteiger partial charge is 0.163 e. The minimum Gasteiger partial charge on any atom is -0.340 e. The number of rotatable bonds is 3. The van der Waals surface area contributed by atoms with Gasteiger partial charge in [-0.3, -0.25) is 4.98 Å². The molecule has 0 spiro atoms. The van der Waals surface area contributed by atoms with Gasteiger partial charge in [-0.25, -0.2) is 9.97 Å². The number of halogens is 1. The van der Waals surface area contributed by atoms with Crippen LogP contribution >= 0.6 is 11.6 Å². The van der Waals surface area contributed by atoms with Gasteiger partial charge in [-0.05, 0) is 43.2 Å². The van der Waals surface area contributed by atoms with E-state index in [9.17, 15) is 0 Å². The third kappa shape index (κ3) is 3.07. The van der Waals surface area contributed by atoms with E-state index in [0.717, 1.165) is 11.3 Å². The van der Waals surface area contributed by atoms with Crippen LogP contribution in [0.3, 0.4) is 0 Å². The largest absolute Gasteiger partial charge is 0.340 e. The van der Waals surface area contributed by atoms with Gasteiger partial charge in [-0.2, -0.15) is 0 Å². The monoisotopic (exact) mass is 310 g/mol. The molecule has 0 aliphatic rings. The van der Waals surface area contributed by atoms with E-state index in [1.165, 1.54) is 11.1 Å². The van der Waals surface area contributed by atoms with E-state index in [-0.39, 0.29) is 0 Å². The molecular formula is C17H15ClN4. The fourth-order valence-electron chi connectivity index (χ4n) is 2.14. The predicted molar refractivity (Wildman–Crippen MR) is 89.5 cm³/mol. The number of benzene rings is 1. The summed E-state index contributed by atoms with van der Waals surface area (Å²) in [6.45, 7) is 4.15. The van der Waals surface area contributed by atoms with Crippen LogP contribution in [0.1, 0.15) is 11.1 Å². The van der Waals surface area contributed by atoms with Crippen molar-refractivity contribution >= 4 is 23.1 Å². The molecule has 0 aliphatic heterocycles. The first-order chi connectivity index (χ1) is 10.6. The van der Waals surface area contributed by atoms with Crippen molar-refractivity contribution < 1.29 is 0 Å². The molecule has 4 nitrogen and oxygen atoms in total. The van der Waals surface area contributed by atoms with E-state index in [4.69, 9.17) is 11.6 Å². The minimum absolute atomic E-state index is 0.398. The second-order valence-electron chi connectivity index (χ2n) is 5.01. The lowest BCUT2D eigenvalue weighted by Crippen LogP contribution is -2.00. The Labute approximate surface area is 134 Å². The van der Waals surface area contributed by atoms with Crippen LogP contribution in [-0.2, 0) is 0 Å². The van der Waals surface area contributed by atoms with Gasteiger partial charge in [-0.15, -0.1) is 0 Å². The molecule has 0 radical (unpaired) electrons. The quantitative estimate of drug-likeness (QED) is 0.721. The number of nitrogens with one attached hydrogen (secondary N) is 1. The molecule has 0 saturated heterocycles. The molecule has 0 fully saturated rings.